The summed E-state index contributed by atoms with van der Waals surface area (Å²) in [6, 6.07) is 8.15. The molecule has 0 aliphatic rings. The predicted molar refractivity (Wildman–Crippen MR) is 72.7 cm³/mol. The van der Waals surface area contributed by atoms with Crippen molar-refractivity contribution in [1.29, 1.82) is 0 Å². The number of anilines is 2. The monoisotopic (exact) mass is 260 g/mol. The normalized spacial score (nSPS) is 12.1. The Kier molecular flexibility index (Phi) is 3.82. The number of nitrogens with zero attached hydrogens (tertiary/aromatic N) is 2. The zero-order chi connectivity index (χ0) is 13.8. The average Bonchev–Trinajstić information content (AvgIpc) is 2.36. The molecule has 0 spiro atoms. The molecule has 0 aliphatic carbocycles. The summed E-state index contributed by atoms with van der Waals surface area (Å²) in [6.07, 6.45) is -0.697. The quantitative estimate of drug-likeness (QED) is 0.659. The average molecular weight is 260 g/mol. The number of phenols is 1. The van der Waals surface area contributed by atoms with Crippen molar-refractivity contribution in [3.05, 3.63) is 41.6 Å². The molecular weight excluding hydrogens is 244 g/mol. The van der Waals surface area contributed by atoms with Crippen LogP contribution >= 0.6 is 0 Å². The van der Waals surface area contributed by atoms with Gasteiger partial charge in [0.25, 0.3) is 0 Å². The fourth-order valence-electron chi connectivity index (χ4n) is 1.70. The molecule has 19 heavy (non-hydrogen) atoms. The maximum absolute atomic E-state index is 9.99. The zero-order valence-electron chi connectivity index (χ0n) is 10.5. The van der Waals surface area contributed by atoms with Crippen LogP contribution in [-0.2, 0) is 0 Å². The van der Waals surface area contributed by atoms with Gasteiger partial charge >= 0.3 is 0 Å². The van der Waals surface area contributed by atoms with Crippen LogP contribution in [0, 0.1) is 6.92 Å². The molecule has 1 heterocycles. The number of hydrogen-bond donors (Lipinski definition) is 4. The molecule has 6 nitrogen and oxygen atoms in total. The molecule has 0 saturated heterocycles. The lowest BCUT2D eigenvalue weighted by molar-refractivity contribution is 0.191. The van der Waals surface area contributed by atoms with E-state index in [1.54, 1.807) is 18.2 Å². The molecule has 0 saturated carbocycles. The molecule has 0 fully saturated rings. The van der Waals surface area contributed by atoms with Crippen LogP contribution in [0.25, 0.3) is 0 Å². The van der Waals surface area contributed by atoms with Crippen LogP contribution in [0.15, 0.2) is 30.3 Å². The van der Waals surface area contributed by atoms with Gasteiger partial charge in [0.1, 0.15) is 11.6 Å². The highest BCUT2D eigenvalue weighted by atomic mass is 16.3. The van der Waals surface area contributed by atoms with Crippen molar-refractivity contribution in [3.63, 3.8) is 0 Å². The van der Waals surface area contributed by atoms with Crippen LogP contribution in [-0.4, -0.2) is 26.7 Å². The number of aromatic nitrogens is 2. The second-order valence-corrected chi connectivity index (χ2v) is 4.24. The molecule has 5 N–H and O–H groups in total. The highest BCUT2D eigenvalue weighted by Gasteiger charge is 2.08. The van der Waals surface area contributed by atoms with E-state index in [1.165, 1.54) is 12.1 Å². The van der Waals surface area contributed by atoms with Gasteiger partial charge < -0.3 is 21.3 Å². The summed E-state index contributed by atoms with van der Waals surface area (Å²) in [7, 11) is 0. The molecule has 0 amide bonds. The second-order valence-electron chi connectivity index (χ2n) is 4.24. The van der Waals surface area contributed by atoms with E-state index in [-0.39, 0.29) is 11.7 Å². The van der Waals surface area contributed by atoms with Crippen molar-refractivity contribution in [2.45, 2.75) is 13.0 Å². The van der Waals surface area contributed by atoms with Gasteiger partial charge in [0.2, 0.25) is 5.95 Å². The lowest BCUT2D eigenvalue weighted by Crippen LogP contribution is -2.13. The zero-order valence-corrected chi connectivity index (χ0v) is 10.5. The van der Waals surface area contributed by atoms with E-state index >= 15 is 0 Å². The van der Waals surface area contributed by atoms with E-state index in [0.29, 0.717) is 17.9 Å². The largest absolute Gasteiger partial charge is 0.508 e. The molecule has 6 heteroatoms. The summed E-state index contributed by atoms with van der Waals surface area (Å²) in [5.74, 6) is 0.938. The summed E-state index contributed by atoms with van der Waals surface area (Å²) < 4.78 is 0. The van der Waals surface area contributed by atoms with E-state index in [9.17, 15) is 10.2 Å². The number of nitrogen functional groups attached to an aromatic ring is 1. The minimum atomic E-state index is -0.697. The van der Waals surface area contributed by atoms with Gasteiger partial charge in [-0.15, -0.1) is 0 Å². The highest BCUT2D eigenvalue weighted by molar-refractivity contribution is 5.40. The summed E-state index contributed by atoms with van der Waals surface area (Å²) in [4.78, 5) is 7.98. The highest BCUT2D eigenvalue weighted by Crippen LogP contribution is 2.17. The van der Waals surface area contributed by atoms with E-state index in [4.69, 9.17) is 5.73 Å². The molecule has 0 bridgehead atoms. The van der Waals surface area contributed by atoms with Crippen molar-refractivity contribution in [2.24, 2.45) is 0 Å². The molecule has 1 aromatic heterocycles. The number of phenolic OH excluding ortho intramolecular Hbond substituents is 1. The Morgan fingerprint density at radius 2 is 1.95 bits per heavy atom. The molecule has 1 aromatic carbocycles. The van der Waals surface area contributed by atoms with E-state index < -0.39 is 6.10 Å². The third-order valence-electron chi connectivity index (χ3n) is 2.63. The Morgan fingerprint density at radius 3 is 2.58 bits per heavy atom. The van der Waals surface area contributed by atoms with Crippen LogP contribution in [0.1, 0.15) is 17.4 Å². The SMILES string of the molecule is Cc1cc(NC[C@@H](O)c2ccc(O)cc2)nc(N)n1. The Hall–Kier alpha value is -2.34. The molecule has 1 atom stereocenters. The Balaban J connectivity index is 1.99. The van der Waals surface area contributed by atoms with Gasteiger partial charge in [-0.1, -0.05) is 12.1 Å². The number of aliphatic hydroxyl groups excluding tert-OH is 1. The van der Waals surface area contributed by atoms with Gasteiger partial charge in [0.15, 0.2) is 0 Å². The molecule has 0 radical (unpaired) electrons. The topological polar surface area (TPSA) is 104 Å². The second kappa shape index (κ2) is 5.53. The van der Waals surface area contributed by atoms with E-state index in [0.717, 1.165) is 5.69 Å². The predicted octanol–water partition coefficient (Wildman–Crippen LogP) is 1.22. The number of aromatic hydroxyl groups is 1. The first kappa shape index (κ1) is 13.1. The molecule has 0 unspecified atom stereocenters. The van der Waals surface area contributed by atoms with Crippen molar-refractivity contribution in [3.8, 4) is 5.75 Å². The fourth-order valence-corrected chi connectivity index (χ4v) is 1.70. The molecule has 2 aromatic rings. The molecule has 0 aliphatic heterocycles. The summed E-state index contributed by atoms with van der Waals surface area (Å²) in [6.45, 7) is 2.11. The molecule has 2 rings (SSSR count). The summed E-state index contributed by atoms with van der Waals surface area (Å²) in [5.41, 5.74) is 7.01. The lowest BCUT2D eigenvalue weighted by Gasteiger charge is -2.13. The minimum absolute atomic E-state index is 0.170. The third-order valence-corrected chi connectivity index (χ3v) is 2.63. The molecular formula is C13H16N4O2. The fraction of sp³-hybridized carbons (Fsp3) is 0.231. The number of nitrogens with two attached hydrogens (primary N) is 1. The third kappa shape index (κ3) is 3.56. The van der Waals surface area contributed by atoms with Gasteiger partial charge in [-0.2, -0.15) is 4.98 Å². The first-order valence-corrected chi connectivity index (χ1v) is 5.86. The van der Waals surface area contributed by atoms with Gasteiger partial charge in [-0.05, 0) is 24.6 Å². The summed E-state index contributed by atoms with van der Waals surface area (Å²) in [5, 5.41) is 22.2. The van der Waals surface area contributed by atoms with Gasteiger partial charge in [-0.3, -0.25) is 0 Å². The van der Waals surface area contributed by atoms with Gasteiger partial charge in [0.05, 0.1) is 6.10 Å². The van der Waals surface area contributed by atoms with Gasteiger partial charge in [0, 0.05) is 18.3 Å². The van der Waals surface area contributed by atoms with Crippen LogP contribution < -0.4 is 11.1 Å². The molecule has 100 valence electrons. The first-order valence-electron chi connectivity index (χ1n) is 5.86. The summed E-state index contributed by atoms with van der Waals surface area (Å²) >= 11 is 0. The van der Waals surface area contributed by atoms with Crippen molar-refractivity contribution >= 4 is 11.8 Å². The Bertz CT molecular complexity index is 537. The number of rotatable bonds is 4. The van der Waals surface area contributed by atoms with Crippen molar-refractivity contribution < 1.29 is 10.2 Å². The number of benzene rings is 1. The Labute approximate surface area is 111 Å². The van der Waals surface area contributed by atoms with Crippen LogP contribution in [0.3, 0.4) is 0 Å². The number of aliphatic hydroxyl groups is 1. The lowest BCUT2D eigenvalue weighted by atomic mass is 10.1. The van der Waals surface area contributed by atoms with Crippen LogP contribution in [0.5, 0.6) is 5.75 Å². The maximum Gasteiger partial charge on any atom is 0.222 e. The van der Waals surface area contributed by atoms with Crippen LogP contribution in [0.2, 0.25) is 0 Å². The smallest absolute Gasteiger partial charge is 0.222 e. The van der Waals surface area contributed by atoms with E-state index in [2.05, 4.69) is 15.3 Å². The van der Waals surface area contributed by atoms with Gasteiger partial charge in [-0.25, -0.2) is 4.98 Å². The number of nitrogens with one attached hydrogen (secondary N) is 1. The van der Waals surface area contributed by atoms with E-state index in [1.807, 2.05) is 6.92 Å². The van der Waals surface area contributed by atoms with Crippen molar-refractivity contribution in [1.82, 2.24) is 9.97 Å². The standard InChI is InChI=1S/C13H16N4O2/c1-8-6-12(17-13(14)16-8)15-7-11(19)9-2-4-10(18)5-3-9/h2-6,11,18-19H,7H2,1H3,(H3,14,15,16,17)/t11-/m1/s1. The minimum Gasteiger partial charge on any atom is -0.508 e. The Morgan fingerprint density at radius 1 is 1.26 bits per heavy atom. The van der Waals surface area contributed by atoms with Crippen molar-refractivity contribution in [2.75, 3.05) is 17.6 Å². The maximum atomic E-state index is 9.99. The van der Waals surface area contributed by atoms with Crippen LogP contribution in [0.4, 0.5) is 11.8 Å². The number of aryl methyl sites for hydroxylation is 1. The number of hydrogen-bond acceptors (Lipinski definition) is 6. The first-order chi connectivity index (χ1) is 9.04.